The maximum absolute atomic E-state index is 5.61. The molecule has 0 spiro atoms. The summed E-state index contributed by atoms with van der Waals surface area (Å²) in [5.41, 5.74) is 13.6. The molecule has 15 heavy (non-hydrogen) atoms. The van der Waals surface area contributed by atoms with Crippen molar-refractivity contribution in [2.45, 2.75) is 13.3 Å². The van der Waals surface area contributed by atoms with Crippen molar-refractivity contribution < 1.29 is 4.42 Å². The van der Waals surface area contributed by atoms with Crippen LogP contribution >= 0.6 is 0 Å². The molecule has 0 atom stereocenters. The number of oxazole rings is 1. The van der Waals surface area contributed by atoms with Crippen molar-refractivity contribution in [3.8, 4) is 11.3 Å². The number of hydrogen-bond acceptors (Lipinski definition) is 4. The first-order valence-corrected chi connectivity index (χ1v) is 4.81. The van der Waals surface area contributed by atoms with Gasteiger partial charge in [-0.15, -0.1) is 0 Å². The van der Waals surface area contributed by atoms with Crippen molar-refractivity contribution in [2.24, 2.45) is 0 Å². The number of hydrogen-bond donors (Lipinski definition) is 2. The fraction of sp³-hybridized carbons (Fsp3) is 0.182. The Hall–Kier alpha value is -1.97. The zero-order valence-electron chi connectivity index (χ0n) is 8.53. The maximum atomic E-state index is 5.61. The molecule has 0 radical (unpaired) electrons. The van der Waals surface area contributed by atoms with Gasteiger partial charge in [-0.1, -0.05) is 19.1 Å². The van der Waals surface area contributed by atoms with E-state index in [0.717, 1.165) is 29.1 Å². The summed E-state index contributed by atoms with van der Waals surface area (Å²) in [6.07, 6.45) is 0.768. The molecule has 4 N–H and O–H groups in total. The number of nitrogens with zero attached hydrogens (tertiary/aromatic N) is 1. The zero-order chi connectivity index (χ0) is 10.8. The van der Waals surface area contributed by atoms with E-state index >= 15 is 0 Å². The molecule has 1 aromatic heterocycles. The molecule has 2 aromatic rings. The van der Waals surface area contributed by atoms with Crippen LogP contribution in [0, 0.1) is 0 Å². The average molecular weight is 203 g/mol. The van der Waals surface area contributed by atoms with E-state index in [2.05, 4.69) is 4.98 Å². The van der Waals surface area contributed by atoms with E-state index in [1.807, 2.05) is 31.2 Å². The number of anilines is 2. The van der Waals surface area contributed by atoms with E-state index in [1.54, 1.807) is 0 Å². The summed E-state index contributed by atoms with van der Waals surface area (Å²) >= 11 is 0. The van der Waals surface area contributed by atoms with Crippen LogP contribution in [0.3, 0.4) is 0 Å². The highest BCUT2D eigenvalue weighted by Gasteiger charge is 2.11. The molecule has 0 saturated heterocycles. The third kappa shape index (κ3) is 1.79. The normalized spacial score (nSPS) is 10.5. The van der Waals surface area contributed by atoms with Crippen LogP contribution in [0.15, 0.2) is 28.7 Å². The summed E-state index contributed by atoms with van der Waals surface area (Å²) in [5, 5.41) is 0. The van der Waals surface area contributed by atoms with E-state index in [4.69, 9.17) is 15.9 Å². The number of nitrogen functional groups attached to an aromatic ring is 2. The van der Waals surface area contributed by atoms with Gasteiger partial charge in [0.25, 0.3) is 6.01 Å². The topological polar surface area (TPSA) is 78.1 Å². The lowest BCUT2D eigenvalue weighted by molar-refractivity contribution is 0.530. The largest absolute Gasteiger partial charge is 0.428 e. The second-order valence-electron chi connectivity index (χ2n) is 3.30. The highest BCUT2D eigenvalue weighted by molar-refractivity contribution is 5.64. The predicted molar refractivity (Wildman–Crippen MR) is 60.1 cm³/mol. The molecule has 4 heteroatoms. The SMILES string of the molecule is CCc1oc(N)nc1-c1ccc(N)cc1. The van der Waals surface area contributed by atoms with Gasteiger partial charge in [0.05, 0.1) is 0 Å². The highest BCUT2D eigenvalue weighted by atomic mass is 16.4. The van der Waals surface area contributed by atoms with Crippen molar-refractivity contribution in [2.75, 3.05) is 11.5 Å². The third-order valence-corrected chi connectivity index (χ3v) is 2.22. The Kier molecular flexibility index (Phi) is 2.33. The summed E-state index contributed by atoms with van der Waals surface area (Å²) in [4.78, 5) is 4.15. The van der Waals surface area contributed by atoms with Gasteiger partial charge in [-0.05, 0) is 12.1 Å². The minimum absolute atomic E-state index is 0.207. The zero-order valence-corrected chi connectivity index (χ0v) is 8.53. The number of nitrogens with two attached hydrogens (primary N) is 2. The van der Waals surface area contributed by atoms with Gasteiger partial charge in [-0.2, -0.15) is 4.98 Å². The number of aryl methyl sites for hydroxylation is 1. The summed E-state index contributed by atoms with van der Waals surface area (Å²) < 4.78 is 5.28. The number of benzene rings is 1. The molecule has 1 heterocycles. The Morgan fingerprint density at radius 2 is 1.87 bits per heavy atom. The summed E-state index contributed by atoms with van der Waals surface area (Å²) in [7, 11) is 0. The van der Waals surface area contributed by atoms with Crippen LogP contribution in [0.5, 0.6) is 0 Å². The third-order valence-electron chi connectivity index (χ3n) is 2.22. The van der Waals surface area contributed by atoms with Gasteiger partial charge >= 0.3 is 0 Å². The van der Waals surface area contributed by atoms with Gasteiger partial charge in [-0.3, -0.25) is 0 Å². The first-order valence-electron chi connectivity index (χ1n) is 4.81. The fourth-order valence-electron chi connectivity index (χ4n) is 1.48. The molecule has 2 rings (SSSR count). The first-order chi connectivity index (χ1) is 7.20. The van der Waals surface area contributed by atoms with Crippen LogP contribution in [0.25, 0.3) is 11.3 Å². The first kappa shape index (κ1) is 9.58. The second kappa shape index (κ2) is 3.65. The van der Waals surface area contributed by atoms with Crippen molar-refractivity contribution in [3.63, 3.8) is 0 Å². The predicted octanol–water partition coefficient (Wildman–Crippen LogP) is 2.07. The molecule has 0 saturated carbocycles. The van der Waals surface area contributed by atoms with E-state index in [0.29, 0.717) is 0 Å². The molecule has 1 aromatic carbocycles. The average Bonchev–Trinajstić information content (AvgIpc) is 2.61. The summed E-state index contributed by atoms with van der Waals surface area (Å²) in [6, 6.07) is 7.69. The monoisotopic (exact) mass is 203 g/mol. The molecule has 0 bridgehead atoms. The molecule has 0 aliphatic rings. The van der Waals surface area contributed by atoms with Crippen molar-refractivity contribution >= 4 is 11.7 Å². The van der Waals surface area contributed by atoms with Crippen LogP contribution in [-0.2, 0) is 6.42 Å². The van der Waals surface area contributed by atoms with E-state index in [-0.39, 0.29) is 6.01 Å². The Morgan fingerprint density at radius 1 is 1.20 bits per heavy atom. The van der Waals surface area contributed by atoms with Crippen LogP contribution in [-0.4, -0.2) is 4.98 Å². The van der Waals surface area contributed by atoms with Crippen LogP contribution in [0.2, 0.25) is 0 Å². The summed E-state index contributed by atoms with van der Waals surface area (Å²) in [6.45, 7) is 2.00. The molecule has 78 valence electrons. The number of aromatic nitrogens is 1. The van der Waals surface area contributed by atoms with Gasteiger partial charge in [-0.25, -0.2) is 0 Å². The quantitative estimate of drug-likeness (QED) is 0.732. The van der Waals surface area contributed by atoms with Crippen LogP contribution < -0.4 is 11.5 Å². The standard InChI is InChI=1S/C11H13N3O/c1-2-9-10(14-11(13)15-9)7-3-5-8(12)6-4-7/h3-6H,2,12H2,1H3,(H2,13,14). The minimum Gasteiger partial charge on any atom is -0.428 e. The van der Waals surface area contributed by atoms with E-state index in [9.17, 15) is 0 Å². The van der Waals surface area contributed by atoms with E-state index in [1.165, 1.54) is 0 Å². The van der Waals surface area contributed by atoms with Gasteiger partial charge < -0.3 is 15.9 Å². The molecule has 4 nitrogen and oxygen atoms in total. The Labute approximate surface area is 87.9 Å². The smallest absolute Gasteiger partial charge is 0.292 e. The molecule has 0 aliphatic carbocycles. The molecular formula is C11H13N3O. The molecule has 0 amide bonds. The lowest BCUT2D eigenvalue weighted by Gasteiger charge is -1.99. The van der Waals surface area contributed by atoms with Gasteiger partial charge in [0.15, 0.2) is 0 Å². The lowest BCUT2D eigenvalue weighted by Crippen LogP contribution is -1.87. The lowest BCUT2D eigenvalue weighted by atomic mass is 10.1. The molecule has 0 unspecified atom stereocenters. The van der Waals surface area contributed by atoms with Crippen molar-refractivity contribution in [3.05, 3.63) is 30.0 Å². The Morgan fingerprint density at radius 3 is 2.47 bits per heavy atom. The van der Waals surface area contributed by atoms with E-state index < -0.39 is 0 Å². The molecule has 0 fully saturated rings. The maximum Gasteiger partial charge on any atom is 0.292 e. The van der Waals surface area contributed by atoms with Crippen molar-refractivity contribution in [1.29, 1.82) is 0 Å². The van der Waals surface area contributed by atoms with Gasteiger partial charge in [0, 0.05) is 17.7 Å². The highest BCUT2D eigenvalue weighted by Crippen LogP contribution is 2.25. The van der Waals surface area contributed by atoms with Gasteiger partial charge in [0.1, 0.15) is 11.5 Å². The fourth-order valence-corrected chi connectivity index (χ4v) is 1.48. The van der Waals surface area contributed by atoms with Crippen LogP contribution in [0.4, 0.5) is 11.7 Å². The van der Waals surface area contributed by atoms with Gasteiger partial charge in [0.2, 0.25) is 0 Å². The Balaban J connectivity index is 2.48. The molecule has 0 aliphatic heterocycles. The molecular weight excluding hydrogens is 190 g/mol. The number of rotatable bonds is 2. The summed E-state index contributed by atoms with van der Waals surface area (Å²) in [5.74, 6) is 0.803. The minimum atomic E-state index is 0.207. The van der Waals surface area contributed by atoms with Crippen molar-refractivity contribution in [1.82, 2.24) is 4.98 Å². The van der Waals surface area contributed by atoms with Crippen LogP contribution in [0.1, 0.15) is 12.7 Å². The Bertz CT molecular complexity index is 459. The second-order valence-corrected chi connectivity index (χ2v) is 3.30.